The predicted octanol–water partition coefficient (Wildman–Crippen LogP) is 3.44. The monoisotopic (exact) mass is 395 g/mol. The number of aliphatic carboxylic acids is 1. The molecule has 1 fully saturated rings. The molecule has 0 bridgehead atoms. The minimum absolute atomic E-state index is 0.141. The van der Waals surface area contributed by atoms with Crippen LogP contribution in [0, 0.1) is 11.8 Å². The van der Waals surface area contributed by atoms with E-state index in [2.05, 4.69) is 10.6 Å². The standard InChI is InChI=1S/C19H26ClN3O4/c1-11-10-23(8-7-13(11)17(25)26)16(24)14-9-12(5-6-15(14)20)21-18(27)22-19(2,3)4/h5-6,9,11,13H,7-8,10H2,1-4H3,(H,25,26)(H2,21,22,27). The van der Waals surface area contributed by atoms with Crippen LogP contribution in [0.15, 0.2) is 18.2 Å². The largest absolute Gasteiger partial charge is 0.481 e. The van der Waals surface area contributed by atoms with Gasteiger partial charge in [-0.05, 0) is 51.3 Å². The Labute approximate surface area is 164 Å². The van der Waals surface area contributed by atoms with Crippen molar-refractivity contribution in [2.75, 3.05) is 18.4 Å². The Hall–Kier alpha value is -2.28. The highest BCUT2D eigenvalue weighted by molar-refractivity contribution is 6.34. The van der Waals surface area contributed by atoms with E-state index in [1.54, 1.807) is 23.1 Å². The fourth-order valence-corrected chi connectivity index (χ4v) is 3.34. The van der Waals surface area contributed by atoms with Crippen molar-refractivity contribution in [2.45, 2.75) is 39.7 Å². The second kappa shape index (κ2) is 8.17. The molecule has 0 saturated carbocycles. The van der Waals surface area contributed by atoms with Crippen molar-refractivity contribution in [3.05, 3.63) is 28.8 Å². The summed E-state index contributed by atoms with van der Waals surface area (Å²) < 4.78 is 0. The molecule has 1 saturated heterocycles. The zero-order valence-electron chi connectivity index (χ0n) is 16.0. The van der Waals surface area contributed by atoms with Gasteiger partial charge >= 0.3 is 12.0 Å². The molecule has 7 nitrogen and oxygen atoms in total. The molecule has 1 aromatic rings. The molecular weight excluding hydrogens is 370 g/mol. The van der Waals surface area contributed by atoms with Gasteiger partial charge in [-0.2, -0.15) is 0 Å². The number of carbonyl (C=O) groups excluding carboxylic acids is 2. The third-order valence-corrected chi connectivity index (χ3v) is 4.78. The number of nitrogens with zero attached hydrogens (tertiary/aromatic N) is 1. The molecule has 1 heterocycles. The molecule has 2 rings (SSSR count). The summed E-state index contributed by atoms with van der Waals surface area (Å²) >= 11 is 6.20. The molecule has 1 aromatic carbocycles. The van der Waals surface area contributed by atoms with Gasteiger partial charge < -0.3 is 20.6 Å². The van der Waals surface area contributed by atoms with E-state index < -0.39 is 11.9 Å². The fraction of sp³-hybridized carbons (Fsp3) is 0.526. The molecule has 0 radical (unpaired) electrons. The second-order valence-corrected chi connectivity index (χ2v) is 8.39. The first kappa shape index (κ1) is 21.0. The van der Waals surface area contributed by atoms with E-state index in [-0.39, 0.29) is 34.0 Å². The number of carboxylic acid groups (broad SMARTS) is 1. The molecule has 1 aliphatic rings. The molecule has 1 aliphatic heterocycles. The summed E-state index contributed by atoms with van der Waals surface area (Å²) in [5.41, 5.74) is 0.351. The van der Waals surface area contributed by atoms with E-state index in [0.717, 1.165) is 0 Å². The van der Waals surface area contributed by atoms with Gasteiger partial charge in [0.05, 0.1) is 16.5 Å². The van der Waals surface area contributed by atoms with E-state index >= 15 is 0 Å². The molecule has 2 unspecified atom stereocenters. The molecular formula is C19H26ClN3O4. The Bertz CT molecular complexity index is 745. The van der Waals surface area contributed by atoms with Gasteiger partial charge in [-0.3, -0.25) is 9.59 Å². The molecule has 3 N–H and O–H groups in total. The lowest BCUT2D eigenvalue weighted by Crippen LogP contribution is -2.45. The van der Waals surface area contributed by atoms with Gasteiger partial charge in [0.2, 0.25) is 0 Å². The van der Waals surface area contributed by atoms with Crippen molar-refractivity contribution >= 4 is 35.2 Å². The first-order chi connectivity index (χ1) is 12.5. The van der Waals surface area contributed by atoms with Crippen LogP contribution in [-0.4, -0.2) is 46.5 Å². The van der Waals surface area contributed by atoms with Crippen LogP contribution < -0.4 is 10.6 Å². The number of carbonyl (C=O) groups is 3. The predicted molar refractivity (Wildman–Crippen MR) is 104 cm³/mol. The Morgan fingerprint density at radius 2 is 1.93 bits per heavy atom. The Morgan fingerprint density at radius 3 is 2.48 bits per heavy atom. The normalized spacial score (nSPS) is 20.1. The van der Waals surface area contributed by atoms with Crippen LogP contribution >= 0.6 is 11.6 Å². The maximum atomic E-state index is 12.9. The van der Waals surface area contributed by atoms with Crippen LogP contribution in [0.25, 0.3) is 0 Å². The smallest absolute Gasteiger partial charge is 0.319 e. The van der Waals surface area contributed by atoms with E-state index in [4.69, 9.17) is 11.6 Å². The Balaban J connectivity index is 2.12. The second-order valence-electron chi connectivity index (χ2n) is 7.99. The average Bonchev–Trinajstić information content (AvgIpc) is 2.53. The quantitative estimate of drug-likeness (QED) is 0.729. The third-order valence-electron chi connectivity index (χ3n) is 4.45. The van der Waals surface area contributed by atoms with Gasteiger partial charge in [0.25, 0.3) is 5.91 Å². The lowest BCUT2D eigenvalue weighted by molar-refractivity contribution is -0.145. The highest BCUT2D eigenvalue weighted by Crippen LogP contribution is 2.27. The average molecular weight is 396 g/mol. The summed E-state index contributed by atoms with van der Waals surface area (Å²) in [6, 6.07) is 4.36. The molecule has 2 atom stereocenters. The number of carboxylic acids is 1. The van der Waals surface area contributed by atoms with E-state index in [1.807, 2.05) is 27.7 Å². The zero-order chi connectivity index (χ0) is 20.4. The number of likely N-dealkylation sites (tertiary alicyclic amines) is 1. The molecule has 0 spiro atoms. The van der Waals surface area contributed by atoms with Crippen molar-refractivity contribution in [3.63, 3.8) is 0 Å². The summed E-state index contributed by atoms with van der Waals surface area (Å²) in [7, 11) is 0. The van der Waals surface area contributed by atoms with Crippen molar-refractivity contribution < 1.29 is 19.5 Å². The maximum absolute atomic E-state index is 12.9. The van der Waals surface area contributed by atoms with Crippen molar-refractivity contribution in [2.24, 2.45) is 11.8 Å². The minimum atomic E-state index is -0.830. The number of urea groups is 1. The summed E-state index contributed by atoms with van der Waals surface area (Å²) in [5.74, 6) is -1.68. The van der Waals surface area contributed by atoms with Crippen LogP contribution in [0.1, 0.15) is 44.5 Å². The first-order valence-corrected chi connectivity index (χ1v) is 9.26. The third kappa shape index (κ3) is 5.60. The van der Waals surface area contributed by atoms with E-state index in [9.17, 15) is 19.5 Å². The number of amides is 3. The topological polar surface area (TPSA) is 98.7 Å². The number of hydrogen-bond acceptors (Lipinski definition) is 3. The minimum Gasteiger partial charge on any atom is -0.481 e. The number of anilines is 1. The van der Waals surface area contributed by atoms with Crippen LogP contribution in [0.5, 0.6) is 0 Å². The SMILES string of the molecule is CC1CN(C(=O)c2cc(NC(=O)NC(C)(C)C)ccc2Cl)CCC1C(=O)O. The first-order valence-electron chi connectivity index (χ1n) is 8.88. The lowest BCUT2D eigenvalue weighted by atomic mass is 9.87. The van der Waals surface area contributed by atoms with Gasteiger partial charge in [0.1, 0.15) is 0 Å². The Kier molecular flexibility index (Phi) is 6.36. The fourth-order valence-electron chi connectivity index (χ4n) is 3.14. The number of hydrogen-bond donors (Lipinski definition) is 3. The van der Waals surface area contributed by atoms with Gasteiger partial charge in [0.15, 0.2) is 0 Å². The summed E-state index contributed by atoms with van der Waals surface area (Å²) in [4.78, 5) is 37.8. The molecule has 3 amide bonds. The summed E-state index contributed by atoms with van der Waals surface area (Å²) in [5, 5.41) is 15.0. The molecule has 0 aliphatic carbocycles. The van der Waals surface area contributed by atoms with E-state index in [1.165, 1.54) is 0 Å². The number of nitrogens with one attached hydrogen (secondary N) is 2. The van der Waals surface area contributed by atoms with Crippen LogP contribution in [0.2, 0.25) is 5.02 Å². The van der Waals surface area contributed by atoms with Crippen molar-refractivity contribution in [1.82, 2.24) is 10.2 Å². The van der Waals surface area contributed by atoms with Crippen LogP contribution in [0.4, 0.5) is 10.5 Å². The molecule has 0 aromatic heterocycles. The summed E-state index contributed by atoms with van der Waals surface area (Å²) in [6.07, 6.45) is 0.409. The highest BCUT2D eigenvalue weighted by atomic mass is 35.5. The molecule has 148 valence electrons. The van der Waals surface area contributed by atoms with Crippen molar-refractivity contribution in [3.8, 4) is 0 Å². The molecule has 8 heteroatoms. The number of benzene rings is 1. The van der Waals surface area contributed by atoms with Crippen LogP contribution in [0.3, 0.4) is 0 Å². The number of rotatable bonds is 3. The zero-order valence-corrected chi connectivity index (χ0v) is 16.8. The summed E-state index contributed by atoms with van der Waals surface area (Å²) in [6.45, 7) is 8.14. The van der Waals surface area contributed by atoms with Crippen LogP contribution in [-0.2, 0) is 4.79 Å². The molecule has 27 heavy (non-hydrogen) atoms. The maximum Gasteiger partial charge on any atom is 0.319 e. The van der Waals surface area contributed by atoms with E-state index in [0.29, 0.717) is 25.2 Å². The highest BCUT2D eigenvalue weighted by Gasteiger charge is 2.33. The van der Waals surface area contributed by atoms with Gasteiger partial charge in [-0.25, -0.2) is 4.79 Å². The Morgan fingerprint density at radius 1 is 1.26 bits per heavy atom. The number of halogens is 1. The number of piperidine rings is 1. The van der Waals surface area contributed by atoms with Gasteiger partial charge in [-0.1, -0.05) is 18.5 Å². The van der Waals surface area contributed by atoms with Crippen molar-refractivity contribution in [1.29, 1.82) is 0 Å². The lowest BCUT2D eigenvalue weighted by Gasteiger charge is -2.35. The van der Waals surface area contributed by atoms with Gasteiger partial charge in [0, 0.05) is 24.3 Å². The van der Waals surface area contributed by atoms with Gasteiger partial charge in [-0.15, -0.1) is 0 Å².